The molecule has 1 aromatic heterocycles. The van der Waals surface area contributed by atoms with Crippen LogP contribution in [0.2, 0.25) is 0 Å². The predicted molar refractivity (Wildman–Crippen MR) is 99.5 cm³/mol. The van der Waals surface area contributed by atoms with Gasteiger partial charge in [-0.2, -0.15) is 0 Å². The van der Waals surface area contributed by atoms with Gasteiger partial charge in [0.15, 0.2) is 4.34 Å². The molecule has 0 saturated carbocycles. The molecule has 7 nitrogen and oxygen atoms in total. The summed E-state index contributed by atoms with van der Waals surface area (Å²) in [6.07, 6.45) is 3.73. The first-order valence-electron chi connectivity index (χ1n) is 7.73. The van der Waals surface area contributed by atoms with Crippen LogP contribution in [0, 0.1) is 0 Å². The predicted octanol–water partition coefficient (Wildman–Crippen LogP) is 2.44. The topological polar surface area (TPSA) is 92.3 Å². The van der Waals surface area contributed by atoms with E-state index in [0.29, 0.717) is 29.3 Å². The highest BCUT2D eigenvalue weighted by molar-refractivity contribution is 8.00. The van der Waals surface area contributed by atoms with Crippen LogP contribution in [0.15, 0.2) is 28.6 Å². The average Bonchev–Trinajstić information content (AvgIpc) is 3.27. The molecule has 134 valence electrons. The third-order valence-electron chi connectivity index (χ3n) is 3.83. The van der Waals surface area contributed by atoms with Crippen LogP contribution >= 0.6 is 23.1 Å². The number of hydrogen-bond acceptors (Lipinski definition) is 7. The molecular weight excluding hydrogens is 380 g/mol. The molecule has 0 aliphatic carbocycles. The van der Waals surface area contributed by atoms with Gasteiger partial charge in [0.1, 0.15) is 0 Å². The lowest BCUT2D eigenvalue weighted by molar-refractivity contribution is 0.102. The first kappa shape index (κ1) is 18.3. The fourth-order valence-corrected chi connectivity index (χ4v) is 5.31. The van der Waals surface area contributed by atoms with E-state index in [1.54, 1.807) is 24.3 Å². The van der Waals surface area contributed by atoms with Gasteiger partial charge in [-0.15, -0.1) is 10.2 Å². The number of thioether (sulfide) groups is 1. The molecule has 25 heavy (non-hydrogen) atoms. The van der Waals surface area contributed by atoms with Crippen molar-refractivity contribution in [2.75, 3.05) is 24.7 Å². The minimum atomic E-state index is -3.28. The summed E-state index contributed by atoms with van der Waals surface area (Å²) in [4.78, 5) is 12.2. The third kappa shape index (κ3) is 4.57. The highest BCUT2D eigenvalue weighted by Crippen LogP contribution is 2.23. The van der Waals surface area contributed by atoms with E-state index in [2.05, 4.69) is 15.5 Å². The number of nitrogens with one attached hydrogen (secondary N) is 1. The fraction of sp³-hybridized carbons (Fsp3) is 0.400. The molecule has 3 rings (SSSR count). The lowest BCUT2D eigenvalue weighted by Crippen LogP contribution is -2.29. The summed E-state index contributed by atoms with van der Waals surface area (Å²) < 4.78 is 27.0. The number of hydrogen-bond donors (Lipinski definition) is 1. The number of carbonyl (C=O) groups excluding carboxylic acids is 1. The SMILES string of the molecule is CSc1nnc(NC(=O)c2ccc(CS(=O)(=O)N3CCCC3)cc2)s1. The summed E-state index contributed by atoms with van der Waals surface area (Å²) in [5.74, 6) is -0.333. The van der Waals surface area contributed by atoms with Gasteiger partial charge in [-0.1, -0.05) is 35.2 Å². The second kappa shape index (κ2) is 7.81. The molecule has 1 aliphatic rings. The normalized spacial score (nSPS) is 15.4. The molecule has 0 bridgehead atoms. The summed E-state index contributed by atoms with van der Waals surface area (Å²) >= 11 is 2.77. The van der Waals surface area contributed by atoms with E-state index in [-0.39, 0.29) is 11.7 Å². The van der Waals surface area contributed by atoms with Crippen molar-refractivity contribution in [2.45, 2.75) is 22.9 Å². The molecule has 10 heteroatoms. The van der Waals surface area contributed by atoms with E-state index >= 15 is 0 Å². The van der Waals surface area contributed by atoms with Gasteiger partial charge in [-0.05, 0) is 36.8 Å². The van der Waals surface area contributed by atoms with Crippen LogP contribution in [0.5, 0.6) is 0 Å². The van der Waals surface area contributed by atoms with Gasteiger partial charge in [0.25, 0.3) is 5.91 Å². The molecule has 0 atom stereocenters. The van der Waals surface area contributed by atoms with Gasteiger partial charge in [0.2, 0.25) is 15.2 Å². The van der Waals surface area contributed by atoms with E-state index in [4.69, 9.17) is 0 Å². The zero-order chi connectivity index (χ0) is 17.9. The maximum atomic E-state index is 12.3. The maximum absolute atomic E-state index is 12.3. The zero-order valence-corrected chi connectivity index (χ0v) is 16.1. The Morgan fingerprint density at radius 3 is 2.52 bits per heavy atom. The molecule has 0 unspecified atom stereocenters. The van der Waals surface area contributed by atoms with E-state index < -0.39 is 10.0 Å². The number of sulfonamides is 1. The number of benzene rings is 1. The standard InChI is InChI=1S/C15H18N4O3S3/c1-23-15-18-17-14(24-15)16-13(20)12-6-4-11(5-7-12)10-25(21,22)19-8-2-3-9-19/h4-7H,2-3,8-10H2,1H3,(H,16,17,20). The van der Waals surface area contributed by atoms with E-state index in [1.807, 2.05) is 6.26 Å². The summed E-state index contributed by atoms with van der Waals surface area (Å²) in [5.41, 5.74) is 1.12. The first-order valence-corrected chi connectivity index (χ1v) is 11.4. The van der Waals surface area contributed by atoms with Crippen LogP contribution in [0.3, 0.4) is 0 Å². The van der Waals surface area contributed by atoms with Gasteiger partial charge in [0.05, 0.1) is 5.75 Å². The van der Waals surface area contributed by atoms with Gasteiger partial charge < -0.3 is 0 Å². The first-order chi connectivity index (χ1) is 12.0. The molecule has 1 saturated heterocycles. The van der Waals surface area contributed by atoms with E-state index in [9.17, 15) is 13.2 Å². The minimum Gasteiger partial charge on any atom is -0.296 e. The van der Waals surface area contributed by atoms with Gasteiger partial charge in [-0.3, -0.25) is 10.1 Å². The molecule has 1 N–H and O–H groups in total. The second-order valence-corrected chi connectivity index (χ2v) is 9.59. The van der Waals surface area contributed by atoms with Crippen LogP contribution in [0.25, 0.3) is 0 Å². The highest BCUT2D eigenvalue weighted by atomic mass is 32.2. The van der Waals surface area contributed by atoms with Crippen LogP contribution in [-0.4, -0.2) is 48.2 Å². The molecule has 1 fully saturated rings. The van der Waals surface area contributed by atoms with E-state index in [1.165, 1.54) is 27.4 Å². The highest BCUT2D eigenvalue weighted by Gasteiger charge is 2.25. The number of aromatic nitrogens is 2. The number of amides is 1. The molecule has 1 aliphatic heterocycles. The Bertz CT molecular complexity index is 843. The molecule has 0 spiro atoms. The van der Waals surface area contributed by atoms with Crippen LogP contribution in [0.1, 0.15) is 28.8 Å². The summed E-state index contributed by atoms with van der Waals surface area (Å²) in [6, 6.07) is 6.60. The lowest BCUT2D eigenvalue weighted by Gasteiger charge is -2.15. The lowest BCUT2D eigenvalue weighted by atomic mass is 10.1. The monoisotopic (exact) mass is 398 g/mol. The molecular formula is C15H18N4O3S3. The Hall–Kier alpha value is -1.49. The van der Waals surface area contributed by atoms with Crippen molar-refractivity contribution in [3.05, 3.63) is 35.4 Å². The van der Waals surface area contributed by atoms with Crippen LogP contribution in [-0.2, 0) is 15.8 Å². The summed E-state index contributed by atoms with van der Waals surface area (Å²) in [5, 5.41) is 10.9. The number of nitrogens with zero attached hydrogens (tertiary/aromatic N) is 3. The van der Waals surface area contributed by atoms with Crippen molar-refractivity contribution >= 4 is 44.2 Å². The van der Waals surface area contributed by atoms with Crippen molar-refractivity contribution in [3.8, 4) is 0 Å². The van der Waals surface area contributed by atoms with Crippen molar-refractivity contribution in [1.82, 2.24) is 14.5 Å². The Morgan fingerprint density at radius 2 is 1.92 bits per heavy atom. The smallest absolute Gasteiger partial charge is 0.257 e. The maximum Gasteiger partial charge on any atom is 0.257 e. The largest absolute Gasteiger partial charge is 0.296 e. The van der Waals surface area contributed by atoms with Crippen LogP contribution < -0.4 is 5.32 Å². The van der Waals surface area contributed by atoms with Crippen molar-refractivity contribution < 1.29 is 13.2 Å². The molecule has 2 heterocycles. The summed E-state index contributed by atoms with van der Waals surface area (Å²) in [6.45, 7) is 1.20. The fourth-order valence-electron chi connectivity index (χ4n) is 2.53. The molecule has 1 aromatic carbocycles. The minimum absolute atomic E-state index is 0.0393. The Morgan fingerprint density at radius 1 is 1.24 bits per heavy atom. The van der Waals surface area contributed by atoms with Crippen LogP contribution in [0.4, 0.5) is 5.13 Å². The number of rotatable bonds is 6. The average molecular weight is 399 g/mol. The van der Waals surface area contributed by atoms with Crippen molar-refractivity contribution in [1.29, 1.82) is 0 Å². The van der Waals surface area contributed by atoms with Gasteiger partial charge in [0, 0.05) is 18.7 Å². The molecule has 2 aromatic rings. The molecule has 0 radical (unpaired) electrons. The number of carbonyl (C=O) groups is 1. The zero-order valence-electron chi connectivity index (χ0n) is 13.6. The van der Waals surface area contributed by atoms with Gasteiger partial charge in [-0.25, -0.2) is 12.7 Å². The Kier molecular flexibility index (Phi) is 5.72. The quantitative estimate of drug-likeness (QED) is 0.593. The van der Waals surface area contributed by atoms with E-state index in [0.717, 1.165) is 17.2 Å². The summed E-state index contributed by atoms with van der Waals surface area (Å²) in [7, 11) is -3.28. The molecule has 1 amide bonds. The van der Waals surface area contributed by atoms with Crippen molar-refractivity contribution in [3.63, 3.8) is 0 Å². The van der Waals surface area contributed by atoms with Gasteiger partial charge >= 0.3 is 0 Å². The third-order valence-corrected chi connectivity index (χ3v) is 7.49. The number of anilines is 1. The van der Waals surface area contributed by atoms with Crippen molar-refractivity contribution in [2.24, 2.45) is 0 Å². The Labute approximate surface area is 154 Å². The Balaban J connectivity index is 1.64. The second-order valence-electron chi connectivity index (χ2n) is 5.59.